The molecule has 0 N–H and O–H groups in total. The molecule has 6 rings (SSSR count). The van der Waals surface area contributed by atoms with Crippen molar-refractivity contribution in [2.45, 2.75) is 79.3 Å². The van der Waals surface area contributed by atoms with Crippen LogP contribution in [0.5, 0.6) is 0 Å². The predicted molar refractivity (Wildman–Crippen MR) is 163 cm³/mol. The van der Waals surface area contributed by atoms with Gasteiger partial charge in [0.2, 0.25) is 0 Å². The fourth-order valence-corrected chi connectivity index (χ4v) is 6.81. The molecule has 1 atom stereocenters. The third kappa shape index (κ3) is 4.95. The van der Waals surface area contributed by atoms with Gasteiger partial charge in [-0.05, 0) is 88.4 Å². The summed E-state index contributed by atoms with van der Waals surface area (Å²) < 4.78 is 4.31. The summed E-state index contributed by atoms with van der Waals surface area (Å²) in [6.07, 6.45) is 4.06. The molecule has 2 aliphatic rings. The van der Waals surface area contributed by atoms with Gasteiger partial charge in [-0.25, -0.2) is 4.98 Å². The average molecular weight is 574 g/mol. The Kier molecular flexibility index (Phi) is 6.97. The smallest absolute Gasteiger partial charge is 0.279 e. The molecule has 1 saturated heterocycles. The van der Waals surface area contributed by atoms with Gasteiger partial charge in [0.25, 0.3) is 5.91 Å². The zero-order valence-corrected chi connectivity index (χ0v) is 25.9. The molecular formula is C32H40ClN7O. The zero-order chi connectivity index (χ0) is 29.2. The number of hydrogen-bond acceptors (Lipinski definition) is 5. The number of carbonyl (C=O) groups excluding carboxylic acids is 1. The van der Waals surface area contributed by atoms with E-state index in [1.807, 2.05) is 59.7 Å². The summed E-state index contributed by atoms with van der Waals surface area (Å²) in [5.41, 5.74) is 5.37. The van der Waals surface area contributed by atoms with Crippen LogP contribution < -0.4 is 4.90 Å². The first kappa shape index (κ1) is 27.9. The second kappa shape index (κ2) is 10.2. The number of likely N-dealkylation sites (tertiary alicyclic amines) is 1. The Bertz CT molecular complexity index is 1600. The van der Waals surface area contributed by atoms with Gasteiger partial charge in [0.15, 0.2) is 11.3 Å². The zero-order valence-electron chi connectivity index (χ0n) is 25.1. The number of aryl methyl sites for hydroxylation is 2. The predicted octanol–water partition coefficient (Wildman–Crippen LogP) is 6.75. The summed E-state index contributed by atoms with van der Waals surface area (Å²) in [7, 11) is 0. The summed E-state index contributed by atoms with van der Waals surface area (Å²) in [5.74, 6) is 2.08. The van der Waals surface area contributed by atoms with Crippen molar-refractivity contribution in [1.82, 2.24) is 29.0 Å². The highest BCUT2D eigenvalue weighted by Crippen LogP contribution is 2.45. The Balaban J connectivity index is 1.45. The Hall–Kier alpha value is -3.23. The molecule has 3 aromatic heterocycles. The SMILES string of the molecule is Cc1cc(N2C(=O)c3nc(C4CCN(CC(C)(C)C)CC4)n(C(C)C)c3C2c2ccc(Cl)cc2)cn2c(C)nnc12. The number of imidazole rings is 1. The Morgan fingerprint density at radius 3 is 2.37 bits per heavy atom. The summed E-state index contributed by atoms with van der Waals surface area (Å²) in [6.45, 7) is 18.4. The molecular weight excluding hydrogens is 534 g/mol. The van der Waals surface area contributed by atoms with Gasteiger partial charge in [-0.3, -0.25) is 14.1 Å². The van der Waals surface area contributed by atoms with E-state index in [0.717, 1.165) is 72.3 Å². The Morgan fingerprint density at radius 2 is 1.73 bits per heavy atom. The van der Waals surface area contributed by atoms with Crippen molar-refractivity contribution in [3.8, 4) is 0 Å². The number of pyridine rings is 1. The van der Waals surface area contributed by atoms with E-state index in [1.165, 1.54) is 0 Å². The van der Waals surface area contributed by atoms with Crippen molar-refractivity contribution < 1.29 is 4.79 Å². The molecule has 0 saturated carbocycles. The lowest BCUT2D eigenvalue weighted by atomic mass is 9.91. The molecule has 5 heterocycles. The lowest BCUT2D eigenvalue weighted by molar-refractivity contribution is 0.0988. The third-order valence-electron chi connectivity index (χ3n) is 8.39. The molecule has 0 bridgehead atoms. The molecule has 0 spiro atoms. The lowest BCUT2D eigenvalue weighted by Crippen LogP contribution is -2.39. The number of carbonyl (C=O) groups is 1. The molecule has 2 aliphatic heterocycles. The number of rotatable bonds is 5. The van der Waals surface area contributed by atoms with Crippen LogP contribution >= 0.6 is 11.6 Å². The highest BCUT2D eigenvalue weighted by atomic mass is 35.5. The quantitative estimate of drug-likeness (QED) is 0.264. The van der Waals surface area contributed by atoms with Crippen LogP contribution in [0.3, 0.4) is 0 Å². The van der Waals surface area contributed by atoms with Crippen LogP contribution in [0.25, 0.3) is 5.65 Å². The largest absolute Gasteiger partial charge is 0.326 e. The number of aromatic nitrogens is 5. The first-order valence-electron chi connectivity index (χ1n) is 14.7. The molecule has 4 aromatic rings. The van der Waals surface area contributed by atoms with E-state index >= 15 is 0 Å². The van der Waals surface area contributed by atoms with E-state index in [1.54, 1.807) is 0 Å². The maximum Gasteiger partial charge on any atom is 0.279 e. The number of anilines is 1. The van der Waals surface area contributed by atoms with Crippen LogP contribution in [0.1, 0.15) is 104 Å². The molecule has 1 aromatic carbocycles. The summed E-state index contributed by atoms with van der Waals surface area (Å²) in [4.78, 5) is 24.0. The van der Waals surface area contributed by atoms with Crippen molar-refractivity contribution in [2.75, 3.05) is 24.5 Å². The van der Waals surface area contributed by atoms with Gasteiger partial charge < -0.3 is 9.47 Å². The van der Waals surface area contributed by atoms with Gasteiger partial charge >= 0.3 is 0 Å². The van der Waals surface area contributed by atoms with Crippen LogP contribution in [0, 0.1) is 19.3 Å². The normalized spacial score (nSPS) is 18.7. The van der Waals surface area contributed by atoms with E-state index in [2.05, 4.69) is 54.3 Å². The summed E-state index contributed by atoms with van der Waals surface area (Å²) >= 11 is 6.31. The average Bonchev–Trinajstić information content (AvgIpc) is 3.56. The second-order valence-electron chi connectivity index (χ2n) is 13.2. The number of amides is 1. The van der Waals surface area contributed by atoms with E-state index in [4.69, 9.17) is 16.6 Å². The first-order chi connectivity index (χ1) is 19.4. The fraction of sp³-hybridized carbons (Fsp3) is 0.500. The number of hydrogen-bond donors (Lipinski definition) is 0. The monoisotopic (exact) mass is 573 g/mol. The van der Waals surface area contributed by atoms with Crippen LogP contribution in [-0.4, -0.2) is 54.6 Å². The first-order valence-corrected chi connectivity index (χ1v) is 15.1. The van der Waals surface area contributed by atoms with Gasteiger partial charge in [-0.15, -0.1) is 10.2 Å². The van der Waals surface area contributed by atoms with E-state index < -0.39 is 0 Å². The van der Waals surface area contributed by atoms with Crippen molar-refractivity contribution >= 4 is 28.8 Å². The minimum Gasteiger partial charge on any atom is -0.326 e. The molecule has 216 valence electrons. The topological polar surface area (TPSA) is 71.6 Å². The van der Waals surface area contributed by atoms with Crippen LogP contribution in [0.4, 0.5) is 5.69 Å². The minimum absolute atomic E-state index is 0.0738. The van der Waals surface area contributed by atoms with E-state index in [0.29, 0.717) is 16.6 Å². The Morgan fingerprint density at radius 1 is 1.05 bits per heavy atom. The van der Waals surface area contributed by atoms with Crippen molar-refractivity contribution in [2.24, 2.45) is 5.41 Å². The molecule has 9 heteroatoms. The molecule has 1 unspecified atom stereocenters. The molecule has 0 aliphatic carbocycles. The standard InChI is InChI=1S/C32H40ClN7O/c1-19(2)39-28-26(34-30(39)23-12-14-37(15-13-23)18-32(5,6)7)31(41)40(27(28)22-8-10-24(33)11-9-22)25-16-20(3)29-36-35-21(4)38(29)17-25/h8-11,16-17,19,23,27H,12-15,18H2,1-7H3. The van der Waals surface area contributed by atoms with Gasteiger partial charge in [0, 0.05) is 29.7 Å². The number of fused-ring (bicyclic) bond motifs is 2. The van der Waals surface area contributed by atoms with Gasteiger partial charge in [0.1, 0.15) is 17.7 Å². The maximum atomic E-state index is 14.4. The number of benzene rings is 1. The minimum atomic E-state index is -0.326. The summed E-state index contributed by atoms with van der Waals surface area (Å²) in [6, 6.07) is 9.71. The van der Waals surface area contributed by atoms with Crippen molar-refractivity contribution in [1.29, 1.82) is 0 Å². The van der Waals surface area contributed by atoms with Gasteiger partial charge in [-0.1, -0.05) is 44.5 Å². The number of nitrogens with zero attached hydrogens (tertiary/aromatic N) is 7. The van der Waals surface area contributed by atoms with Crippen LogP contribution in [-0.2, 0) is 0 Å². The van der Waals surface area contributed by atoms with E-state index in [9.17, 15) is 4.79 Å². The van der Waals surface area contributed by atoms with Gasteiger partial charge in [-0.2, -0.15) is 0 Å². The number of piperidine rings is 1. The van der Waals surface area contributed by atoms with Crippen LogP contribution in [0.2, 0.25) is 5.02 Å². The van der Waals surface area contributed by atoms with Crippen molar-refractivity contribution in [3.05, 3.63) is 75.7 Å². The molecule has 1 amide bonds. The van der Waals surface area contributed by atoms with Crippen LogP contribution in [0.15, 0.2) is 36.5 Å². The van der Waals surface area contributed by atoms with Crippen molar-refractivity contribution in [3.63, 3.8) is 0 Å². The third-order valence-corrected chi connectivity index (χ3v) is 8.64. The second-order valence-corrected chi connectivity index (χ2v) is 13.7. The highest BCUT2D eigenvalue weighted by molar-refractivity contribution is 6.30. The maximum absolute atomic E-state index is 14.4. The lowest BCUT2D eigenvalue weighted by Gasteiger charge is -2.36. The fourth-order valence-electron chi connectivity index (χ4n) is 6.69. The van der Waals surface area contributed by atoms with Gasteiger partial charge in [0.05, 0.1) is 11.4 Å². The molecule has 1 fully saturated rings. The van der Waals surface area contributed by atoms with E-state index in [-0.39, 0.29) is 23.4 Å². The Labute approximate surface area is 247 Å². The molecule has 41 heavy (non-hydrogen) atoms. The molecule has 0 radical (unpaired) electrons. The number of halogens is 1. The summed E-state index contributed by atoms with van der Waals surface area (Å²) in [5, 5.41) is 9.25. The molecule has 8 nitrogen and oxygen atoms in total. The highest BCUT2D eigenvalue weighted by Gasteiger charge is 2.45.